The number of thiophene rings is 1. The third-order valence-corrected chi connectivity index (χ3v) is 2.85. The van der Waals surface area contributed by atoms with Crippen molar-refractivity contribution in [2.75, 3.05) is 6.54 Å². The Balaban J connectivity index is 2.41. The molecule has 1 amide bonds. The van der Waals surface area contributed by atoms with E-state index in [0.717, 1.165) is 4.88 Å². The Kier molecular flexibility index (Phi) is 4.28. The van der Waals surface area contributed by atoms with Crippen LogP contribution in [-0.4, -0.2) is 24.0 Å². The lowest BCUT2D eigenvalue weighted by Gasteiger charge is -2.19. The SMILES string of the molecule is Cc1ccc(C(=O)CNC(=O)OC(C)(C)C)s1. The molecular formula is C12H17NO3S. The van der Waals surface area contributed by atoms with Crippen LogP contribution in [0.4, 0.5) is 4.79 Å². The maximum absolute atomic E-state index is 11.7. The van der Waals surface area contributed by atoms with Gasteiger partial charge >= 0.3 is 6.09 Å². The van der Waals surface area contributed by atoms with Gasteiger partial charge in [0.05, 0.1) is 11.4 Å². The van der Waals surface area contributed by atoms with Gasteiger partial charge in [0, 0.05) is 4.88 Å². The summed E-state index contributed by atoms with van der Waals surface area (Å²) in [4.78, 5) is 24.7. The summed E-state index contributed by atoms with van der Waals surface area (Å²) in [5.41, 5.74) is -0.549. The molecule has 0 saturated carbocycles. The van der Waals surface area contributed by atoms with E-state index < -0.39 is 11.7 Å². The average molecular weight is 255 g/mol. The molecule has 0 aromatic carbocycles. The standard InChI is InChI=1S/C12H17NO3S/c1-8-5-6-10(17-8)9(14)7-13-11(15)16-12(2,3)4/h5-6H,7H2,1-4H3,(H,13,15). The molecule has 1 N–H and O–H groups in total. The second-order valence-corrected chi connectivity index (χ2v) is 5.98. The van der Waals surface area contributed by atoms with Crippen LogP contribution in [0.3, 0.4) is 0 Å². The van der Waals surface area contributed by atoms with Gasteiger partial charge in [0.15, 0.2) is 5.78 Å². The first-order valence-corrected chi connectivity index (χ1v) is 6.16. The fourth-order valence-electron chi connectivity index (χ4n) is 1.14. The third-order valence-electron chi connectivity index (χ3n) is 1.81. The molecule has 1 rings (SSSR count). The van der Waals surface area contributed by atoms with E-state index in [-0.39, 0.29) is 12.3 Å². The zero-order valence-electron chi connectivity index (χ0n) is 10.5. The number of Topliss-reactive ketones (excluding diaryl/α,β-unsaturated/α-hetero) is 1. The molecule has 0 fully saturated rings. The minimum absolute atomic E-state index is 0.0329. The van der Waals surface area contributed by atoms with Gasteiger partial charge < -0.3 is 10.1 Å². The van der Waals surface area contributed by atoms with Gasteiger partial charge in [0.2, 0.25) is 0 Å². The van der Waals surface area contributed by atoms with Gasteiger partial charge in [-0.05, 0) is 39.8 Å². The Hall–Kier alpha value is -1.36. The average Bonchev–Trinajstić information content (AvgIpc) is 2.58. The number of aryl methyl sites for hydroxylation is 1. The monoisotopic (exact) mass is 255 g/mol. The molecule has 0 aliphatic rings. The molecule has 0 saturated heterocycles. The quantitative estimate of drug-likeness (QED) is 0.845. The van der Waals surface area contributed by atoms with Crippen molar-refractivity contribution in [1.82, 2.24) is 5.32 Å². The molecule has 1 aromatic heterocycles. The first-order chi connectivity index (χ1) is 7.78. The molecule has 0 spiro atoms. The van der Waals surface area contributed by atoms with Crippen LogP contribution in [0.15, 0.2) is 12.1 Å². The fourth-order valence-corrected chi connectivity index (χ4v) is 1.94. The second-order valence-electron chi connectivity index (χ2n) is 4.69. The number of carbonyl (C=O) groups excluding carboxylic acids is 2. The number of rotatable bonds is 3. The second kappa shape index (κ2) is 5.31. The first kappa shape index (κ1) is 13.7. The summed E-state index contributed by atoms with van der Waals surface area (Å²) in [5, 5.41) is 2.44. The highest BCUT2D eigenvalue weighted by Crippen LogP contribution is 2.15. The van der Waals surface area contributed by atoms with E-state index in [2.05, 4.69) is 5.32 Å². The molecule has 1 heterocycles. The van der Waals surface area contributed by atoms with Crippen LogP contribution >= 0.6 is 11.3 Å². The summed E-state index contributed by atoms with van der Waals surface area (Å²) in [6.07, 6.45) is -0.570. The van der Waals surface area contributed by atoms with E-state index in [4.69, 9.17) is 4.74 Å². The van der Waals surface area contributed by atoms with Crippen LogP contribution in [0.2, 0.25) is 0 Å². The Morgan fingerprint density at radius 1 is 1.35 bits per heavy atom. The van der Waals surface area contributed by atoms with Crippen molar-refractivity contribution in [1.29, 1.82) is 0 Å². The summed E-state index contributed by atoms with van der Waals surface area (Å²) in [6, 6.07) is 3.64. The summed E-state index contributed by atoms with van der Waals surface area (Å²) in [7, 11) is 0. The Morgan fingerprint density at radius 3 is 2.47 bits per heavy atom. The van der Waals surface area contributed by atoms with Gasteiger partial charge in [0.1, 0.15) is 5.60 Å². The maximum atomic E-state index is 11.7. The topological polar surface area (TPSA) is 55.4 Å². The summed E-state index contributed by atoms with van der Waals surface area (Å²) < 4.78 is 5.03. The molecule has 0 aliphatic carbocycles. The molecule has 0 unspecified atom stereocenters. The minimum atomic E-state index is -0.570. The number of carbonyl (C=O) groups is 2. The van der Waals surface area contributed by atoms with Gasteiger partial charge in [-0.2, -0.15) is 0 Å². The van der Waals surface area contributed by atoms with Crippen molar-refractivity contribution >= 4 is 23.2 Å². The van der Waals surface area contributed by atoms with Gasteiger partial charge in [-0.15, -0.1) is 11.3 Å². The summed E-state index contributed by atoms with van der Waals surface area (Å²) in [5.74, 6) is -0.103. The van der Waals surface area contributed by atoms with Crippen LogP contribution in [0.5, 0.6) is 0 Å². The van der Waals surface area contributed by atoms with Crippen LogP contribution in [0, 0.1) is 6.92 Å². The van der Waals surface area contributed by atoms with Crippen molar-refractivity contribution in [2.24, 2.45) is 0 Å². The lowest BCUT2D eigenvalue weighted by molar-refractivity contribution is 0.0520. The first-order valence-electron chi connectivity index (χ1n) is 5.34. The third kappa shape index (κ3) is 4.99. The number of hydrogen-bond donors (Lipinski definition) is 1. The van der Waals surface area contributed by atoms with Gasteiger partial charge in [-0.3, -0.25) is 4.79 Å². The number of nitrogens with one attached hydrogen (secondary N) is 1. The van der Waals surface area contributed by atoms with Crippen molar-refractivity contribution in [2.45, 2.75) is 33.3 Å². The molecule has 0 bridgehead atoms. The Morgan fingerprint density at radius 2 is 2.00 bits per heavy atom. The maximum Gasteiger partial charge on any atom is 0.408 e. The zero-order valence-corrected chi connectivity index (χ0v) is 11.3. The zero-order chi connectivity index (χ0) is 13.1. The smallest absolute Gasteiger partial charge is 0.408 e. The largest absolute Gasteiger partial charge is 0.444 e. The van der Waals surface area contributed by atoms with Crippen LogP contribution in [-0.2, 0) is 4.74 Å². The lowest BCUT2D eigenvalue weighted by atomic mass is 10.2. The van der Waals surface area contributed by atoms with Crippen molar-refractivity contribution in [3.05, 3.63) is 21.9 Å². The van der Waals surface area contributed by atoms with Gasteiger partial charge in [-0.25, -0.2) is 4.79 Å². The van der Waals surface area contributed by atoms with Crippen molar-refractivity contribution < 1.29 is 14.3 Å². The van der Waals surface area contributed by atoms with E-state index >= 15 is 0 Å². The van der Waals surface area contributed by atoms with E-state index in [1.54, 1.807) is 26.8 Å². The number of ether oxygens (including phenoxy) is 1. The van der Waals surface area contributed by atoms with Crippen molar-refractivity contribution in [3.8, 4) is 0 Å². The van der Waals surface area contributed by atoms with Crippen LogP contribution in [0.1, 0.15) is 35.3 Å². The van der Waals surface area contributed by atoms with Crippen LogP contribution in [0.25, 0.3) is 0 Å². The van der Waals surface area contributed by atoms with Gasteiger partial charge in [0.25, 0.3) is 0 Å². The number of hydrogen-bond acceptors (Lipinski definition) is 4. The molecule has 1 aromatic rings. The van der Waals surface area contributed by atoms with E-state index in [9.17, 15) is 9.59 Å². The molecule has 0 radical (unpaired) electrons. The molecule has 94 valence electrons. The Bertz CT molecular complexity index is 418. The highest BCUT2D eigenvalue weighted by molar-refractivity contribution is 7.14. The number of ketones is 1. The molecule has 17 heavy (non-hydrogen) atoms. The predicted molar refractivity (Wildman–Crippen MR) is 67.6 cm³/mol. The van der Waals surface area contributed by atoms with E-state index in [1.165, 1.54) is 11.3 Å². The predicted octanol–water partition coefficient (Wildman–Crippen LogP) is 2.76. The highest BCUT2D eigenvalue weighted by atomic mass is 32.1. The lowest BCUT2D eigenvalue weighted by Crippen LogP contribution is -2.35. The molecule has 5 heteroatoms. The fraction of sp³-hybridized carbons (Fsp3) is 0.500. The highest BCUT2D eigenvalue weighted by Gasteiger charge is 2.17. The molecule has 0 atom stereocenters. The number of alkyl carbamates (subject to hydrolysis) is 1. The number of amides is 1. The normalized spacial score (nSPS) is 11.1. The van der Waals surface area contributed by atoms with E-state index in [1.807, 2.05) is 13.0 Å². The summed E-state index contributed by atoms with van der Waals surface area (Å²) >= 11 is 1.42. The van der Waals surface area contributed by atoms with Gasteiger partial charge in [-0.1, -0.05) is 0 Å². The molecule has 4 nitrogen and oxygen atoms in total. The summed E-state index contributed by atoms with van der Waals surface area (Å²) in [6.45, 7) is 7.22. The minimum Gasteiger partial charge on any atom is -0.444 e. The molecule has 0 aliphatic heterocycles. The van der Waals surface area contributed by atoms with Crippen LogP contribution < -0.4 is 5.32 Å². The molecular weight excluding hydrogens is 238 g/mol. The van der Waals surface area contributed by atoms with E-state index in [0.29, 0.717) is 4.88 Å². The van der Waals surface area contributed by atoms with Crippen molar-refractivity contribution in [3.63, 3.8) is 0 Å². The Labute approximate surface area is 105 Å².